The maximum atomic E-state index is 12.8. The predicted octanol–water partition coefficient (Wildman–Crippen LogP) is 2.75. The van der Waals surface area contributed by atoms with E-state index in [4.69, 9.17) is 4.74 Å². The van der Waals surface area contributed by atoms with Gasteiger partial charge in [-0.15, -0.1) is 0 Å². The molecule has 1 atom stereocenters. The minimum atomic E-state index is -1.43. The van der Waals surface area contributed by atoms with Crippen molar-refractivity contribution in [3.8, 4) is 17.1 Å². The lowest BCUT2D eigenvalue weighted by molar-refractivity contribution is 0.0810. The van der Waals surface area contributed by atoms with E-state index in [1.165, 1.54) is 23.9 Å². The lowest BCUT2D eigenvalue weighted by Crippen LogP contribution is -2.23. The summed E-state index contributed by atoms with van der Waals surface area (Å²) in [6, 6.07) is 8.32. The highest BCUT2D eigenvalue weighted by Gasteiger charge is 2.07. The zero-order chi connectivity index (χ0) is 17.8. The standard InChI is InChI=1S/C18H17FN4O2/c1-12-7-14(9-20-8-12)11-23-18(24)6-4-16(22-23)15-3-5-17(21-10-15)25-13(2)19/h3-10,13H,11H2,1-2H3. The Morgan fingerprint density at radius 2 is 2.04 bits per heavy atom. The summed E-state index contributed by atoms with van der Waals surface area (Å²) in [5.41, 5.74) is 3.00. The summed E-state index contributed by atoms with van der Waals surface area (Å²) in [5, 5.41) is 4.38. The highest BCUT2D eigenvalue weighted by molar-refractivity contribution is 5.57. The lowest BCUT2D eigenvalue weighted by atomic mass is 10.2. The number of hydrogen-bond donors (Lipinski definition) is 0. The third-order valence-corrected chi connectivity index (χ3v) is 3.45. The average Bonchev–Trinajstić information content (AvgIpc) is 2.57. The first-order valence-electron chi connectivity index (χ1n) is 7.77. The lowest BCUT2D eigenvalue weighted by Gasteiger charge is -2.09. The Bertz CT molecular complexity index is 923. The van der Waals surface area contributed by atoms with Gasteiger partial charge in [0.15, 0.2) is 0 Å². The van der Waals surface area contributed by atoms with Crippen molar-refractivity contribution < 1.29 is 9.13 Å². The second-order valence-electron chi connectivity index (χ2n) is 5.63. The Labute approximate surface area is 144 Å². The molecule has 0 aliphatic rings. The van der Waals surface area contributed by atoms with E-state index in [-0.39, 0.29) is 11.4 Å². The van der Waals surface area contributed by atoms with Crippen LogP contribution in [0.3, 0.4) is 0 Å². The van der Waals surface area contributed by atoms with E-state index in [1.54, 1.807) is 30.6 Å². The van der Waals surface area contributed by atoms with Crippen LogP contribution < -0.4 is 10.3 Å². The highest BCUT2D eigenvalue weighted by atomic mass is 19.1. The van der Waals surface area contributed by atoms with E-state index < -0.39 is 6.36 Å². The summed E-state index contributed by atoms with van der Waals surface area (Å²) >= 11 is 0. The van der Waals surface area contributed by atoms with Crippen molar-refractivity contribution in [3.63, 3.8) is 0 Å². The van der Waals surface area contributed by atoms with Gasteiger partial charge in [-0.05, 0) is 30.2 Å². The van der Waals surface area contributed by atoms with E-state index in [2.05, 4.69) is 15.1 Å². The maximum Gasteiger partial charge on any atom is 0.267 e. The van der Waals surface area contributed by atoms with E-state index in [0.717, 1.165) is 11.1 Å². The summed E-state index contributed by atoms with van der Waals surface area (Å²) in [7, 11) is 0. The molecule has 0 aromatic carbocycles. The fourth-order valence-corrected chi connectivity index (χ4v) is 2.36. The Kier molecular flexibility index (Phi) is 4.83. The van der Waals surface area contributed by atoms with Crippen molar-refractivity contribution in [2.24, 2.45) is 0 Å². The second kappa shape index (κ2) is 7.21. The molecule has 128 valence electrons. The molecule has 0 amide bonds. The normalized spacial score (nSPS) is 12.0. The molecule has 0 spiro atoms. The Morgan fingerprint density at radius 3 is 2.72 bits per heavy atom. The van der Waals surface area contributed by atoms with Gasteiger partial charge in [0.25, 0.3) is 5.56 Å². The van der Waals surface area contributed by atoms with E-state index in [9.17, 15) is 9.18 Å². The molecule has 7 heteroatoms. The van der Waals surface area contributed by atoms with Crippen LogP contribution in [0.15, 0.2) is 53.7 Å². The zero-order valence-corrected chi connectivity index (χ0v) is 13.9. The summed E-state index contributed by atoms with van der Waals surface area (Å²) in [5.74, 6) is 0.193. The van der Waals surface area contributed by atoms with Crippen LogP contribution in [-0.4, -0.2) is 26.1 Å². The molecule has 3 heterocycles. The summed E-state index contributed by atoms with van der Waals surface area (Å²) in [4.78, 5) is 20.2. The number of nitrogens with zero attached hydrogens (tertiary/aromatic N) is 4. The number of ether oxygens (including phenoxy) is 1. The molecule has 25 heavy (non-hydrogen) atoms. The molecule has 0 saturated heterocycles. The highest BCUT2D eigenvalue weighted by Crippen LogP contribution is 2.18. The SMILES string of the molecule is Cc1cncc(Cn2nc(-c3ccc(OC(C)F)nc3)ccc2=O)c1. The minimum absolute atomic E-state index is 0.193. The average molecular weight is 340 g/mol. The van der Waals surface area contributed by atoms with Crippen LogP contribution in [0.2, 0.25) is 0 Å². The van der Waals surface area contributed by atoms with Gasteiger partial charge in [0.05, 0.1) is 12.2 Å². The molecular formula is C18H17FN4O2. The fourth-order valence-electron chi connectivity index (χ4n) is 2.36. The van der Waals surface area contributed by atoms with Gasteiger partial charge in [-0.25, -0.2) is 14.1 Å². The van der Waals surface area contributed by atoms with Crippen molar-refractivity contribution in [3.05, 3.63) is 70.4 Å². The first-order chi connectivity index (χ1) is 12.0. The number of aromatic nitrogens is 4. The van der Waals surface area contributed by atoms with Crippen LogP contribution in [0.5, 0.6) is 5.88 Å². The van der Waals surface area contributed by atoms with Crippen molar-refractivity contribution in [1.29, 1.82) is 0 Å². The molecular weight excluding hydrogens is 323 g/mol. The van der Waals surface area contributed by atoms with Crippen LogP contribution >= 0.6 is 0 Å². The zero-order valence-electron chi connectivity index (χ0n) is 13.9. The van der Waals surface area contributed by atoms with Crippen molar-refractivity contribution in [2.45, 2.75) is 26.7 Å². The number of aryl methyl sites for hydroxylation is 1. The van der Waals surface area contributed by atoms with Crippen molar-refractivity contribution >= 4 is 0 Å². The molecule has 0 fully saturated rings. The summed E-state index contributed by atoms with van der Waals surface area (Å²) in [6.45, 7) is 3.55. The van der Waals surface area contributed by atoms with Gasteiger partial charge in [0, 0.05) is 43.2 Å². The molecule has 1 unspecified atom stereocenters. The summed E-state index contributed by atoms with van der Waals surface area (Å²) < 4.78 is 19.1. The van der Waals surface area contributed by atoms with E-state index in [0.29, 0.717) is 17.8 Å². The maximum absolute atomic E-state index is 12.8. The van der Waals surface area contributed by atoms with Gasteiger partial charge >= 0.3 is 0 Å². The monoisotopic (exact) mass is 340 g/mol. The molecule has 6 nitrogen and oxygen atoms in total. The topological polar surface area (TPSA) is 69.9 Å². The van der Waals surface area contributed by atoms with Gasteiger partial charge in [0.2, 0.25) is 12.2 Å². The predicted molar refractivity (Wildman–Crippen MR) is 91.0 cm³/mol. The van der Waals surface area contributed by atoms with Crippen LogP contribution in [0.1, 0.15) is 18.1 Å². The van der Waals surface area contributed by atoms with Crippen LogP contribution in [-0.2, 0) is 6.54 Å². The second-order valence-corrected chi connectivity index (χ2v) is 5.63. The molecule has 0 aliphatic carbocycles. The van der Waals surface area contributed by atoms with Gasteiger partial charge < -0.3 is 4.74 Å². The van der Waals surface area contributed by atoms with Gasteiger partial charge in [-0.2, -0.15) is 5.10 Å². The summed E-state index contributed by atoms with van der Waals surface area (Å²) in [6.07, 6.45) is 3.56. The number of halogens is 1. The largest absolute Gasteiger partial charge is 0.444 e. The first kappa shape index (κ1) is 16.8. The van der Waals surface area contributed by atoms with Crippen molar-refractivity contribution in [1.82, 2.24) is 19.7 Å². The first-order valence-corrected chi connectivity index (χ1v) is 7.77. The number of hydrogen-bond acceptors (Lipinski definition) is 5. The Morgan fingerprint density at radius 1 is 1.20 bits per heavy atom. The van der Waals surface area contributed by atoms with Crippen molar-refractivity contribution in [2.75, 3.05) is 0 Å². The quantitative estimate of drug-likeness (QED) is 0.714. The van der Waals surface area contributed by atoms with Crippen LogP contribution in [0.25, 0.3) is 11.3 Å². The molecule has 0 aliphatic heterocycles. The number of alkyl halides is 1. The molecule has 0 bridgehead atoms. The third-order valence-electron chi connectivity index (χ3n) is 3.45. The van der Waals surface area contributed by atoms with E-state index in [1.807, 2.05) is 13.0 Å². The number of pyridine rings is 2. The molecule has 3 aromatic heterocycles. The Balaban J connectivity index is 1.87. The Hall–Kier alpha value is -3.09. The van der Waals surface area contributed by atoms with Gasteiger partial charge in [-0.1, -0.05) is 6.07 Å². The van der Waals surface area contributed by atoms with Crippen LogP contribution in [0.4, 0.5) is 4.39 Å². The van der Waals surface area contributed by atoms with E-state index >= 15 is 0 Å². The van der Waals surface area contributed by atoms with Crippen LogP contribution in [0, 0.1) is 6.92 Å². The minimum Gasteiger partial charge on any atom is -0.444 e. The molecule has 3 rings (SSSR count). The third kappa shape index (κ3) is 4.26. The molecule has 0 radical (unpaired) electrons. The smallest absolute Gasteiger partial charge is 0.267 e. The van der Waals surface area contributed by atoms with Gasteiger partial charge in [-0.3, -0.25) is 9.78 Å². The van der Waals surface area contributed by atoms with Gasteiger partial charge in [0.1, 0.15) is 0 Å². The molecule has 0 N–H and O–H groups in total. The fraction of sp³-hybridized carbons (Fsp3) is 0.222. The molecule has 3 aromatic rings. The number of rotatable bonds is 5. The molecule has 0 saturated carbocycles.